The molecule has 1 N–H and O–H groups in total. The monoisotopic (exact) mass is 386 g/mol. The number of nitrogens with one attached hydrogen (secondary N) is 1. The third-order valence-corrected chi connectivity index (χ3v) is 5.55. The van der Waals surface area contributed by atoms with Crippen LogP contribution >= 0.6 is 0 Å². The van der Waals surface area contributed by atoms with Gasteiger partial charge in [0.25, 0.3) is 0 Å². The maximum absolute atomic E-state index is 12.7. The Labute approximate surface area is 166 Å². The zero-order valence-electron chi connectivity index (χ0n) is 16.8. The van der Waals surface area contributed by atoms with E-state index in [1.54, 1.807) is 14.7 Å². The van der Waals surface area contributed by atoms with E-state index in [1.807, 2.05) is 38.1 Å². The van der Waals surface area contributed by atoms with E-state index in [9.17, 15) is 14.4 Å². The molecular formula is C21H30N4O3. The van der Waals surface area contributed by atoms with Crippen LogP contribution in [0.4, 0.5) is 4.79 Å². The number of urea groups is 1. The van der Waals surface area contributed by atoms with Gasteiger partial charge in [-0.3, -0.25) is 9.59 Å². The van der Waals surface area contributed by atoms with Gasteiger partial charge in [-0.15, -0.1) is 0 Å². The van der Waals surface area contributed by atoms with E-state index < -0.39 is 11.8 Å². The van der Waals surface area contributed by atoms with Crippen LogP contribution in [0.5, 0.6) is 0 Å². The number of piperazine rings is 1. The Morgan fingerprint density at radius 1 is 1.04 bits per heavy atom. The highest BCUT2D eigenvalue weighted by molar-refractivity contribution is 6.35. The smallest absolute Gasteiger partial charge is 0.317 e. The average Bonchev–Trinajstić information content (AvgIpc) is 2.71. The summed E-state index contributed by atoms with van der Waals surface area (Å²) in [5.41, 5.74) is 2.21. The van der Waals surface area contributed by atoms with Gasteiger partial charge in [0.1, 0.15) is 0 Å². The number of carbonyl (C=O) groups excluding carboxylic acids is 3. The topological polar surface area (TPSA) is 73.0 Å². The third-order valence-electron chi connectivity index (χ3n) is 5.55. The van der Waals surface area contributed by atoms with Gasteiger partial charge in [-0.25, -0.2) is 4.79 Å². The minimum atomic E-state index is -0.421. The van der Waals surface area contributed by atoms with Crippen molar-refractivity contribution in [2.75, 3.05) is 32.7 Å². The van der Waals surface area contributed by atoms with Gasteiger partial charge < -0.3 is 20.0 Å². The largest absolute Gasteiger partial charge is 0.338 e. The lowest BCUT2D eigenvalue weighted by molar-refractivity contribution is -0.158. The van der Waals surface area contributed by atoms with Crippen molar-refractivity contribution in [2.24, 2.45) is 0 Å². The lowest BCUT2D eigenvalue weighted by Gasteiger charge is -2.42. The first kappa shape index (κ1) is 20.2. The Bertz CT molecular complexity index is 711. The van der Waals surface area contributed by atoms with Gasteiger partial charge in [-0.2, -0.15) is 0 Å². The summed E-state index contributed by atoms with van der Waals surface area (Å²) in [4.78, 5) is 42.5. The second-order valence-electron chi connectivity index (χ2n) is 7.66. The summed E-state index contributed by atoms with van der Waals surface area (Å²) in [6.45, 7) is 7.53. The van der Waals surface area contributed by atoms with Gasteiger partial charge in [0, 0.05) is 45.3 Å². The first-order valence-electron chi connectivity index (χ1n) is 10.2. The van der Waals surface area contributed by atoms with E-state index in [1.165, 1.54) is 5.56 Å². The van der Waals surface area contributed by atoms with Crippen LogP contribution in [0, 0.1) is 6.92 Å². The van der Waals surface area contributed by atoms with Crippen molar-refractivity contribution in [3.63, 3.8) is 0 Å². The molecule has 7 nitrogen and oxygen atoms in total. The molecule has 1 aromatic rings. The minimum absolute atomic E-state index is 0.0354. The highest BCUT2D eigenvalue weighted by Gasteiger charge is 2.37. The van der Waals surface area contributed by atoms with E-state index in [2.05, 4.69) is 5.32 Å². The number of rotatable bonds is 5. The highest BCUT2D eigenvalue weighted by atomic mass is 16.2. The predicted molar refractivity (Wildman–Crippen MR) is 107 cm³/mol. The van der Waals surface area contributed by atoms with Gasteiger partial charge in [-0.1, -0.05) is 36.8 Å². The average molecular weight is 386 g/mol. The third kappa shape index (κ3) is 4.64. The summed E-state index contributed by atoms with van der Waals surface area (Å²) in [5, 5.41) is 2.89. The van der Waals surface area contributed by atoms with Crippen molar-refractivity contribution in [1.82, 2.24) is 20.0 Å². The van der Waals surface area contributed by atoms with Gasteiger partial charge in [0.2, 0.25) is 0 Å². The fraction of sp³-hybridized carbons (Fsp3) is 0.571. The van der Waals surface area contributed by atoms with E-state index >= 15 is 0 Å². The fourth-order valence-corrected chi connectivity index (χ4v) is 3.83. The summed E-state index contributed by atoms with van der Waals surface area (Å²) in [7, 11) is 0. The van der Waals surface area contributed by atoms with E-state index in [-0.39, 0.29) is 12.1 Å². The molecule has 0 aromatic heterocycles. The molecule has 0 spiro atoms. The lowest BCUT2D eigenvalue weighted by Crippen LogP contribution is -2.59. The zero-order valence-corrected chi connectivity index (χ0v) is 16.8. The maximum Gasteiger partial charge on any atom is 0.317 e. The first-order chi connectivity index (χ1) is 13.5. The Balaban J connectivity index is 1.52. The Kier molecular flexibility index (Phi) is 6.54. The molecule has 0 saturated carbocycles. The lowest BCUT2D eigenvalue weighted by atomic mass is 10.0. The van der Waals surface area contributed by atoms with Crippen molar-refractivity contribution < 1.29 is 14.4 Å². The molecule has 4 amide bonds. The normalized spacial score (nSPS) is 18.6. The summed E-state index contributed by atoms with van der Waals surface area (Å²) in [6, 6.07) is 8.03. The Hall–Kier alpha value is -2.57. The molecule has 152 valence electrons. The van der Waals surface area contributed by atoms with Crippen molar-refractivity contribution in [3.8, 4) is 0 Å². The molecule has 0 aliphatic carbocycles. The molecular weight excluding hydrogens is 356 g/mol. The second-order valence-corrected chi connectivity index (χ2v) is 7.66. The molecule has 0 unspecified atom stereocenters. The molecule has 2 saturated heterocycles. The second kappa shape index (κ2) is 9.08. The van der Waals surface area contributed by atoms with Crippen molar-refractivity contribution in [1.29, 1.82) is 0 Å². The molecule has 7 heteroatoms. The first-order valence-corrected chi connectivity index (χ1v) is 10.2. The molecule has 2 heterocycles. The van der Waals surface area contributed by atoms with Crippen molar-refractivity contribution in [2.45, 2.75) is 45.7 Å². The fourth-order valence-electron chi connectivity index (χ4n) is 3.83. The summed E-state index contributed by atoms with van der Waals surface area (Å²) in [6.07, 6.45) is 2.35. The van der Waals surface area contributed by atoms with Crippen molar-refractivity contribution >= 4 is 17.8 Å². The Morgan fingerprint density at radius 3 is 2.36 bits per heavy atom. The molecule has 2 fully saturated rings. The van der Waals surface area contributed by atoms with Crippen molar-refractivity contribution in [3.05, 3.63) is 35.4 Å². The van der Waals surface area contributed by atoms with E-state index in [0.29, 0.717) is 39.3 Å². The number of hydrogen-bond donors (Lipinski definition) is 1. The number of carbonyl (C=O) groups is 3. The van der Waals surface area contributed by atoms with Crippen LogP contribution in [0.1, 0.15) is 37.3 Å². The standard InChI is InChI=1S/C21H30N4O3/c1-3-10-22-21(28)23-11-8-18(9-12-23)25-14-13-24(19(26)20(25)27)15-17-6-4-16(2)5-7-17/h4-7,18H,3,8-15H2,1-2H3,(H,22,28). The number of aryl methyl sites for hydroxylation is 1. The van der Waals surface area contributed by atoms with E-state index in [4.69, 9.17) is 0 Å². The minimum Gasteiger partial charge on any atom is -0.338 e. The van der Waals surface area contributed by atoms with Crippen LogP contribution in [-0.4, -0.2) is 71.3 Å². The molecule has 0 bridgehead atoms. The summed E-state index contributed by atoms with van der Waals surface area (Å²) in [5.74, 6) is -0.831. The summed E-state index contributed by atoms with van der Waals surface area (Å²) >= 11 is 0. The van der Waals surface area contributed by atoms with Gasteiger partial charge >= 0.3 is 17.8 Å². The highest BCUT2D eigenvalue weighted by Crippen LogP contribution is 2.20. The maximum atomic E-state index is 12.7. The molecule has 1 aromatic carbocycles. The number of amides is 4. The van der Waals surface area contributed by atoms with Crippen LogP contribution in [0.2, 0.25) is 0 Å². The predicted octanol–water partition coefficient (Wildman–Crippen LogP) is 1.75. The van der Waals surface area contributed by atoms with Crippen LogP contribution in [0.3, 0.4) is 0 Å². The number of nitrogens with zero attached hydrogens (tertiary/aromatic N) is 3. The molecule has 2 aliphatic heterocycles. The molecule has 3 rings (SSSR count). The number of likely N-dealkylation sites (tertiary alicyclic amines) is 1. The number of hydrogen-bond acceptors (Lipinski definition) is 3. The van der Waals surface area contributed by atoms with Gasteiger partial charge in [0.15, 0.2) is 0 Å². The number of benzene rings is 1. The molecule has 28 heavy (non-hydrogen) atoms. The van der Waals surface area contributed by atoms with Gasteiger partial charge in [-0.05, 0) is 31.7 Å². The van der Waals surface area contributed by atoms with Crippen LogP contribution in [-0.2, 0) is 16.1 Å². The van der Waals surface area contributed by atoms with Crippen LogP contribution in [0.15, 0.2) is 24.3 Å². The van der Waals surface area contributed by atoms with Crippen LogP contribution in [0.25, 0.3) is 0 Å². The zero-order chi connectivity index (χ0) is 20.1. The quantitative estimate of drug-likeness (QED) is 0.784. The molecule has 2 aliphatic rings. The molecule has 0 radical (unpaired) electrons. The van der Waals surface area contributed by atoms with Gasteiger partial charge in [0.05, 0.1) is 0 Å². The van der Waals surface area contributed by atoms with E-state index in [0.717, 1.165) is 24.8 Å². The summed E-state index contributed by atoms with van der Waals surface area (Å²) < 4.78 is 0. The van der Waals surface area contributed by atoms with Crippen LogP contribution < -0.4 is 5.32 Å². The Morgan fingerprint density at radius 2 is 1.71 bits per heavy atom. The molecule has 0 atom stereocenters. The SMILES string of the molecule is CCCNC(=O)N1CCC(N2CCN(Cc3ccc(C)cc3)C(=O)C2=O)CC1. The number of piperidine rings is 1.